The van der Waals surface area contributed by atoms with Gasteiger partial charge in [0.05, 0.1) is 10.5 Å². The zero-order valence-corrected chi connectivity index (χ0v) is 16.9. The number of carbonyl (C=O) groups is 1. The molecule has 1 amide bonds. The van der Waals surface area contributed by atoms with Crippen LogP contribution in [0.4, 0.5) is 18.9 Å². The van der Waals surface area contributed by atoms with Crippen LogP contribution in [0, 0.1) is 11.3 Å². The van der Waals surface area contributed by atoms with Crippen molar-refractivity contribution in [3.8, 4) is 17.4 Å². The van der Waals surface area contributed by atoms with Crippen molar-refractivity contribution < 1.29 is 30.8 Å². The lowest BCUT2D eigenvalue weighted by molar-refractivity contribution is -0.137. The minimum atomic E-state index is -4.58. The largest absolute Gasteiger partial charge is 0.457 e. The van der Waals surface area contributed by atoms with Crippen LogP contribution in [0.3, 0.4) is 0 Å². The fraction of sp³-hybridized carbons (Fsp3) is 0.0476. The van der Waals surface area contributed by atoms with Gasteiger partial charge in [0.15, 0.2) is 0 Å². The molecule has 1 heterocycles. The molecule has 0 unspecified atom stereocenters. The van der Waals surface area contributed by atoms with Crippen molar-refractivity contribution >= 4 is 27.7 Å². The van der Waals surface area contributed by atoms with Crippen molar-refractivity contribution in [3.05, 3.63) is 77.6 Å². The van der Waals surface area contributed by atoms with Crippen LogP contribution < -0.4 is 10.5 Å². The van der Waals surface area contributed by atoms with Crippen LogP contribution in [-0.4, -0.2) is 14.3 Å². The SMILES string of the molecule is N#C/C(=C/c1ccc(-c2ccc(S(N)(=O)=O)cc2)o1)C(=O)Nc1cccc(C(F)(F)F)c1. The number of hydrogen-bond acceptors (Lipinski definition) is 5. The summed E-state index contributed by atoms with van der Waals surface area (Å²) in [6.07, 6.45) is -3.45. The van der Waals surface area contributed by atoms with E-state index in [0.29, 0.717) is 11.3 Å². The number of hydrogen-bond donors (Lipinski definition) is 2. The van der Waals surface area contributed by atoms with Gasteiger partial charge in [0.2, 0.25) is 10.0 Å². The molecular formula is C21H14F3N3O4S. The topological polar surface area (TPSA) is 126 Å². The molecule has 3 rings (SSSR count). The molecule has 11 heteroatoms. The highest BCUT2D eigenvalue weighted by molar-refractivity contribution is 7.89. The molecule has 3 N–H and O–H groups in total. The van der Waals surface area contributed by atoms with E-state index in [9.17, 15) is 31.6 Å². The smallest absolute Gasteiger partial charge is 0.416 e. The third kappa shape index (κ3) is 5.42. The van der Waals surface area contributed by atoms with Crippen LogP contribution in [-0.2, 0) is 21.0 Å². The van der Waals surface area contributed by atoms with Crippen LogP contribution in [0.15, 0.2) is 75.5 Å². The average Bonchev–Trinajstić information content (AvgIpc) is 3.19. The van der Waals surface area contributed by atoms with Gasteiger partial charge in [-0.25, -0.2) is 13.6 Å². The van der Waals surface area contributed by atoms with Gasteiger partial charge in [-0.05, 0) is 54.6 Å². The van der Waals surface area contributed by atoms with Crippen LogP contribution in [0.25, 0.3) is 17.4 Å². The van der Waals surface area contributed by atoms with Gasteiger partial charge in [0.1, 0.15) is 23.2 Å². The highest BCUT2D eigenvalue weighted by atomic mass is 32.2. The van der Waals surface area contributed by atoms with Gasteiger partial charge < -0.3 is 9.73 Å². The summed E-state index contributed by atoms with van der Waals surface area (Å²) in [5.74, 6) is -0.457. The van der Waals surface area contributed by atoms with E-state index < -0.39 is 33.2 Å². The molecule has 1 aromatic heterocycles. The number of primary sulfonamides is 1. The summed E-state index contributed by atoms with van der Waals surface area (Å²) in [5, 5.41) is 16.6. The lowest BCUT2D eigenvalue weighted by atomic mass is 10.1. The van der Waals surface area contributed by atoms with E-state index in [1.807, 2.05) is 0 Å². The maximum atomic E-state index is 12.8. The predicted molar refractivity (Wildman–Crippen MR) is 109 cm³/mol. The first-order valence-corrected chi connectivity index (χ1v) is 10.4. The summed E-state index contributed by atoms with van der Waals surface area (Å²) in [7, 11) is -3.85. The fourth-order valence-corrected chi connectivity index (χ4v) is 3.17. The van der Waals surface area contributed by atoms with E-state index in [1.54, 1.807) is 6.07 Å². The summed E-state index contributed by atoms with van der Waals surface area (Å²) in [6.45, 7) is 0. The Hall–Kier alpha value is -3.88. The van der Waals surface area contributed by atoms with Gasteiger partial charge >= 0.3 is 6.18 Å². The highest BCUT2D eigenvalue weighted by Crippen LogP contribution is 2.31. The van der Waals surface area contributed by atoms with E-state index in [2.05, 4.69) is 5.32 Å². The molecule has 0 aliphatic rings. The van der Waals surface area contributed by atoms with Crippen molar-refractivity contribution in [2.24, 2.45) is 5.14 Å². The molecule has 0 spiro atoms. The molecule has 0 aliphatic heterocycles. The molecular weight excluding hydrogens is 447 g/mol. The molecule has 164 valence electrons. The van der Waals surface area contributed by atoms with E-state index in [4.69, 9.17) is 9.56 Å². The van der Waals surface area contributed by atoms with Crippen molar-refractivity contribution in [1.29, 1.82) is 5.26 Å². The Labute approximate surface area is 180 Å². The molecule has 3 aromatic rings. The number of halogens is 3. The van der Waals surface area contributed by atoms with Crippen molar-refractivity contribution in [1.82, 2.24) is 0 Å². The minimum Gasteiger partial charge on any atom is -0.457 e. The second-order valence-corrected chi connectivity index (χ2v) is 8.04. The first kappa shape index (κ1) is 22.8. The number of amides is 1. The molecule has 32 heavy (non-hydrogen) atoms. The molecule has 0 radical (unpaired) electrons. The summed E-state index contributed by atoms with van der Waals surface area (Å²) >= 11 is 0. The minimum absolute atomic E-state index is 0.0778. The van der Waals surface area contributed by atoms with E-state index in [1.165, 1.54) is 42.5 Å². The number of carbonyl (C=O) groups excluding carboxylic acids is 1. The van der Waals surface area contributed by atoms with Gasteiger partial charge in [-0.1, -0.05) is 6.07 Å². The van der Waals surface area contributed by atoms with Gasteiger partial charge in [0.25, 0.3) is 5.91 Å². The number of anilines is 1. The summed E-state index contributed by atoms with van der Waals surface area (Å²) in [6, 6.07) is 14.2. The molecule has 0 bridgehead atoms. The molecule has 0 saturated heterocycles. The number of nitriles is 1. The van der Waals surface area contributed by atoms with Crippen LogP contribution in [0.5, 0.6) is 0 Å². The van der Waals surface area contributed by atoms with Gasteiger partial charge in [0, 0.05) is 17.3 Å². The maximum Gasteiger partial charge on any atom is 0.416 e. The third-order valence-corrected chi connectivity index (χ3v) is 5.12. The van der Waals surface area contributed by atoms with Gasteiger partial charge in [-0.2, -0.15) is 18.4 Å². The Kier molecular flexibility index (Phi) is 6.20. The number of sulfonamides is 1. The predicted octanol–water partition coefficient (Wildman–Crippen LogP) is 4.16. The highest BCUT2D eigenvalue weighted by Gasteiger charge is 2.30. The molecule has 2 aromatic carbocycles. The monoisotopic (exact) mass is 461 g/mol. The third-order valence-electron chi connectivity index (χ3n) is 4.19. The lowest BCUT2D eigenvalue weighted by Gasteiger charge is -2.09. The van der Waals surface area contributed by atoms with E-state index in [0.717, 1.165) is 24.3 Å². The van der Waals surface area contributed by atoms with Gasteiger partial charge in [-0.3, -0.25) is 4.79 Å². The first-order chi connectivity index (χ1) is 15.0. The summed E-state index contributed by atoms with van der Waals surface area (Å²) < 4.78 is 66.6. The van der Waals surface area contributed by atoms with Crippen molar-refractivity contribution in [2.75, 3.05) is 5.32 Å². The zero-order chi connectivity index (χ0) is 23.5. The fourth-order valence-electron chi connectivity index (χ4n) is 2.66. The molecule has 0 atom stereocenters. The van der Waals surface area contributed by atoms with Crippen LogP contribution in [0.1, 0.15) is 11.3 Å². The Morgan fingerprint density at radius 1 is 1.09 bits per heavy atom. The molecule has 7 nitrogen and oxygen atoms in total. The molecule has 0 fully saturated rings. The average molecular weight is 461 g/mol. The van der Waals surface area contributed by atoms with Gasteiger partial charge in [-0.15, -0.1) is 0 Å². The summed E-state index contributed by atoms with van der Waals surface area (Å²) in [4.78, 5) is 12.2. The number of nitrogens with zero attached hydrogens (tertiary/aromatic N) is 1. The normalized spacial score (nSPS) is 12.3. The molecule has 0 saturated carbocycles. The van der Waals surface area contributed by atoms with E-state index >= 15 is 0 Å². The zero-order valence-electron chi connectivity index (χ0n) is 16.1. The van der Waals surface area contributed by atoms with Crippen LogP contribution >= 0.6 is 0 Å². The van der Waals surface area contributed by atoms with Crippen molar-refractivity contribution in [2.45, 2.75) is 11.1 Å². The number of nitrogens with one attached hydrogen (secondary N) is 1. The second-order valence-electron chi connectivity index (χ2n) is 6.47. The number of benzene rings is 2. The Bertz CT molecular complexity index is 1340. The Morgan fingerprint density at radius 2 is 1.78 bits per heavy atom. The van der Waals surface area contributed by atoms with Crippen molar-refractivity contribution in [3.63, 3.8) is 0 Å². The number of rotatable bonds is 5. The number of furan rings is 1. The number of alkyl halides is 3. The summed E-state index contributed by atoms with van der Waals surface area (Å²) in [5.41, 5.74) is -0.945. The molecule has 0 aliphatic carbocycles. The standard InChI is InChI=1S/C21H14F3N3O4S/c22-21(23,24)15-2-1-3-16(11-15)27-20(28)14(12-25)10-17-6-9-19(31-17)13-4-7-18(8-5-13)32(26,29)30/h1-11H,(H,27,28)(H2,26,29,30)/b14-10-. The second kappa shape index (κ2) is 8.70. The Morgan fingerprint density at radius 3 is 2.38 bits per heavy atom. The number of nitrogens with two attached hydrogens (primary N) is 1. The Balaban J connectivity index is 1.79. The lowest BCUT2D eigenvalue weighted by Crippen LogP contribution is -2.14. The van der Waals surface area contributed by atoms with E-state index in [-0.39, 0.29) is 16.3 Å². The van der Waals surface area contributed by atoms with Crippen LogP contribution in [0.2, 0.25) is 0 Å². The maximum absolute atomic E-state index is 12.8. The quantitative estimate of drug-likeness (QED) is 0.436. The first-order valence-electron chi connectivity index (χ1n) is 8.81.